The molecule has 18 heavy (non-hydrogen) atoms. The van der Waals surface area contributed by atoms with Crippen LogP contribution in [0.3, 0.4) is 0 Å². The van der Waals surface area contributed by atoms with E-state index in [-0.39, 0.29) is 11.1 Å². The van der Waals surface area contributed by atoms with Crippen molar-refractivity contribution in [2.24, 2.45) is 0 Å². The summed E-state index contributed by atoms with van der Waals surface area (Å²) >= 11 is 0. The summed E-state index contributed by atoms with van der Waals surface area (Å²) in [4.78, 5) is 16.3. The molecule has 0 unspecified atom stereocenters. The molecule has 2 rings (SSSR count). The molecule has 0 atom stereocenters. The number of nitriles is 1. The van der Waals surface area contributed by atoms with Gasteiger partial charge in [0.25, 0.3) is 5.56 Å². The summed E-state index contributed by atoms with van der Waals surface area (Å²) in [5, 5.41) is 8.88. The lowest BCUT2D eigenvalue weighted by Crippen LogP contribution is -2.25. The molecule has 0 aromatic carbocycles. The molecule has 0 fully saturated rings. The third kappa shape index (κ3) is 2.16. The minimum atomic E-state index is -0.262. The molecule has 2 aromatic heterocycles. The molecular formula is C14H13N3O. The highest BCUT2D eigenvalue weighted by atomic mass is 16.1. The molecule has 0 aliphatic heterocycles. The van der Waals surface area contributed by atoms with Crippen LogP contribution >= 0.6 is 0 Å². The highest BCUT2D eigenvalue weighted by Crippen LogP contribution is 2.07. The summed E-state index contributed by atoms with van der Waals surface area (Å²) in [5.41, 5.74) is 2.60. The Kier molecular flexibility index (Phi) is 3.24. The van der Waals surface area contributed by atoms with Crippen LogP contribution in [-0.4, -0.2) is 9.55 Å². The Labute approximate surface area is 105 Å². The lowest BCUT2D eigenvalue weighted by molar-refractivity contribution is 0.706. The predicted molar refractivity (Wildman–Crippen MR) is 68.2 cm³/mol. The first-order valence-electron chi connectivity index (χ1n) is 5.64. The quantitative estimate of drug-likeness (QED) is 0.802. The van der Waals surface area contributed by atoms with Crippen molar-refractivity contribution in [2.45, 2.75) is 20.4 Å². The molecule has 4 heteroatoms. The van der Waals surface area contributed by atoms with Crippen molar-refractivity contribution in [3.8, 4) is 6.07 Å². The van der Waals surface area contributed by atoms with E-state index in [1.54, 1.807) is 22.9 Å². The van der Waals surface area contributed by atoms with Crippen LogP contribution in [0.15, 0.2) is 35.3 Å². The van der Waals surface area contributed by atoms with Gasteiger partial charge in [-0.15, -0.1) is 0 Å². The predicted octanol–water partition coefficient (Wildman–Crippen LogP) is 1.78. The third-order valence-electron chi connectivity index (χ3n) is 2.94. The van der Waals surface area contributed by atoms with Crippen LogP contribution in [0.25, 0.3) is 0 Å². The standard InChI is InChI=1S/C14H13N3O/c1-10-4-3-7-16-13(10)9-17-11(2)5-6-12(8-15)14(17)18/h3-7H,9H2,1-2H3. The smallest absolute Gasteiger partial charge is 0.269 e. The molecule has 0 saturated heterocycles. The molecule has 2 heterocycles. The monoisotopic (exact) mass is 239 g/mol. The van der Waals surface area contributed by atoms with E-state index in [0.717, 1.165) is 17.0 Å². The zero-order valence-corrected chi connectivity index (χ0v) is 10.3. The fourth-order valence-corrected chi connectivity index (χ4v) is 1.79. The Morgan fingerprint density at radius 2 is 2.11 bits per heavy atom. The Balaban J connectivity index is 2.51. The fraction of sp³-hybridized carbons (Fsp3) is 0.214. The third-order valence-corrected chi connectivity index (χ3v) is 2.94. The van der Waals surface area contributed by atoms with Gasteiger partial charge in [-0.1, -0.05) is 6.07 Å². The van der Waals surface area contributed by atoms with Gasteiger partial charge in [0.1, 0.15) is 11.6 Å². The minimum absolute atomic E-state index is 0.161. The highest BCUT2D eigenvalue weighted by molar-refractivity contribution is 5.28. The number of aromatic nitrogens is 2. The first-order valence-corrected chi connectivity index (χ1v) is 5.64. The maximum Gasteiger partial charge on any atom is 0.269 e. The van der Waals surface area contributed by atoms with Crippen molar-refractivity contribution < 1.29 is 0 Å². The van der Waals surface area contributed by atoms with Gasteiger partial charge < -0.3 is 4.57 Å². The van der Waals surface area contributed by atoms with E-state index in [1.807, 2.05) is 32.0 Å². The second-order valence-electron chi connectivity index (χ2n) is 4.16. The van der Waals surface area contributed by atoms with E-state index in [0.29, 0.717) is 6.54 Å². The lowest BCUT2D eigenvalue weighted by atomic mass is 10.2. The number of pyridine rings is 2. The summed E-state index contributed by atoms with van der Waals surface area (Å²) < 4.78 is 1.58. The van der Waals surface area contributed by atoms with Gasteiger partial charge >= 0.3 is 0 Å². The largest absolute Gasteiger partial charge is 0.306 e. The van der Waals surface area contributed by atoms with Crippen molar-refractivity contribution in [3.05, 3.63) is 63.3 Å². The van der Waals surface area contributed by atoms with Crippen molar-refractivity contribution in [1.29, 1.82) is 5.26 Å². The number of rotatable bonds is 2. The van der Waals surface area contributed by atoms with Crippen LogP contribution in [0.2, 0.25) is 0 Å². The summed E-state index contributed by atoms with van der Waals surface area (Å²) in [5.74, 6) is 0. The second kappa shape index (κ2) is 4.84. The van der Waals surface area contributed by atoms with Gasteiger partial charge in [0.05, 0.1) is 12.2 Å². The van der Waals surface area contributed by atoms with Crippen molar-refractivity contribution >= 4 is 0 Å². The summed E-state index contributed by atoms with van der Waals surface area (Å²) in [6, 6.07) is 9.06. The molecule has 0 saturated carbocycles. The normalized spacial score (nSPS) is 10.1. The molecule has 0 N–H and O–H groups in total. The van der Waals surface area contributed by atoms with Crippen LogP contribution in [-0.2, 0) is 6.54 Å². The zero-order valence-electron chi connectivity index (χ0n) is 10.3. The SMILES string of the molecule is Cc1cccnc1Cn1c(C)ccc(C#N)c1=O. The van der Waals surface area contributed by atoms with Crippen LogP contribution in [0.1, 0.15) is 22.5 Å². The van der Waals surface area contributed by atoms with E-state index >= 15 is 0 Å². The summed E-state index contributed by atoms with van der Waals surface area (Å²) in [6.07, 6.45) is 1.71. The highest BCUT2D eigenvalue weighted by Gasteiger charge is 2.08. The van der Waals surface area contributed by atoms with Gasteiger partial charge in [-0.05, 0) is 37.6 Å². The van der Waals surface area contributed by atoms with E-state index < -0.39 is 0 Å². The Bertz CT molecular complexity index is 680. The van der Waals surface area contributed by atoms with Gasteiger partial charge in [-0.3, -0.25) is 9.78 Å². The maximum atomic E-state index is 12.0. The Hall–Kier alpha value is -2.41. The Morgan fingerprint density at radius 3 is 2.78 bits per heavy atom. The van der Waals surface area contributed by atoms with E-state index in [4.69, 9.17) is 5.26 Å². The molecule has 0 aliphatic rings. The van der Waals surface area contributed by atoms with E-state index in [1.165, 1.54) is 0 Å². The van der Waals surface area contributed by atoms with Crippen molar-refractivity contribution in [2.75, 3.05) is 0 Å². The van der Waals surface area contributed by atoms with Crippen LogP contribution < -0.4 is 5.56 Å². The Morgan fingerprint density at radius 1 is 1.33 bits per heavy atom. The zero-order chi connectivity index (χ0) is 13.1. The summed E-state index contributed by atoms with van der Waals surface area (Å²) in [6.45, 7) is 4.20. The van der Waals surface area contributed by atoms with Gasteiger partial charge in [0, 0.05) is 11.9 Å². The molecule has 0 amide bonds. The molecular weight excluding hydrogens is 226 g/mol. The summed E-state index contributed by atoms with van der Waals surface area (Å²) in [7, 11) is 0. The minimum Gasteiger partial charge on any atom is -0.306 e. The first-order chi connectivity index (χ1) is 8.63. The van der Waals surface area contributed by atoms with Gasteiger partial charge in [-0.2, -0.15) is 5.26 Å². The van der Waals surface area contributed by atoms with Gasteiger partial charge in [0.15, 0.2) is 0 Å². The van der Waals surface area contributed by atoms with Gasteiger partial charge in [-0.25, -0.2) is 0 Å². The van der Waals surface area contributed by atoms with Crippen molar-refractivity contribution in [1.82, 2.24) is 9.55 Å². The second-order valence-corrected chi connectivity index (χ2v) is 4.16. The molecule has 90 valence electrons. The number of hydrogen-bond donors (Lipinski definition) is 0. The first kappa shape index (κ1) is 12.1. The van der Waals surface area contributed by atoms with Crippen LogP contribution in [0.5, 0.6) is 0 Å². The molecule has 2 aromatic rings. The number of aryl methyl sites for hydroxylation is 2. The topological polar surface area (TPSA) is 58.7 Å². The fourth-order valence-electron chi connectivity index (χ4n) is 1.79. The van der Waals surface area contributed by atoms with Crippen LogP contribution in [0.4, 0.5) is 0 Å². The molecule has 0 radical (unpaired) electrons. The number of nitrogens with zero attached hydrogens (tertiary/aromatic N) is 3. The average molecular weight is 239 g/mol. The van der Waals surface area contributed by atoms with Crippen molar-refractivity contribution in [3.63, 3.8) is 0 Å². The van der Waals surface area contributed by atoms with E-state index in [2.05, 4.69) is 4.98 Å². The molecule has 4 nitrogen and oxygen atoms in total. The average Bonchev–Trinajstić information content (AvgIpc) is 2.37. The number of hydrogen-bond acceptors (Lipinski definition) is 3. The van der Waals surface area contributed by atoms with E-state index in [9.17, 15) is 4.79 Å². The lowest BCUT2D eigenvalue weighted by Gasteiger charge is -2.11. The molecule has 0 aliphatic carbocycles. The molecule has 0 bridgehead atoms. The maximum absolute atomic E-state index is 12.0. The molecule has 0 spiro atoms. The van der Waals surface area contributed by atoms with Gasteiger partial charge in [0.2, 0.25) is 0 Å². The van der Waals surface area contributed by atoms with Crippen LogP contribution in [0, 0.1) is 25.2 Å².